The highest BCUT2D eigenvalue weighted by Gasteiger charge is 2.33. The van der Waals surface area contributed by atoms with Crippen molar-refractivity contribution >= 4 is 17.5 Å². The lowest BCUT2D eigenvalue weighted by Crippen LogP contribution is -2.47. The van der Waals surface area contributed by atoms with Crippen molar-refractivity contribution in [1.82, 2.24) is 14.7 Å². The van der Waals surface area contributed by atoms with Crippen LogP contribution in [0.3, 0.4) is 0 Å². The molecule has 0 aliphatic heterocycles. The summed E-state index contributed by atoms with van der Waals surface area (Å²) in [6, 6.07) is 17.0. The number of amides is 1. The van der Waals surface area contributed by atoms with Crippen molar-refractivity contribution in [1.29, 1.82) is 0 Å². The van der Waals surface area contributed by atoms with E-state index in [1.165, 1.54) is 0 Å². The summed E-state index contributed by atoms with van der Waals surface area (Å²) in [6.45, 7) is 7.99. The van der Waals surface area contributed by atoms with E-state index in [1.54, 1.807) is 50.1 Å². The average molecular weight is 412 g/mol. The summed E-state index contributed by atoms with van der Waals surface area (Å²) in [5, 5.41) is 5.29. The van der Waals surface area contributed by atoms with Crippen LogP contribution in [-0.2, 0) is 11.3 Å². The first-order valence-corrected chi connectivity index (χ1v) is 9.87. The molecule has 0 N–H and O–H groups in total. The quantitative estimate of drug-likeness (QED) is 0.576. The molecule has 0 fully saturated rings. The molecule has 0 bridgehead atoms. The standard InChI is InChI=1S/C23H26ClN3O2/c1-16-21(17(2)27(25-16)19-9-7-6-8-10-19)15-26(5)22(28)23(3,4)29-20-13-11-18(24)12-14-20/h6-14H,15H2,1-5H3. The number of hydrogen-bond acceptors (Lipinski definition) is 3. The van der Waals surface area contributed by atoms with Gasteiger partial charge in [0.05, 0.1) is 11.4 Å². The zero-order valence-corrected chi connectivity index (χ0v) is 18.2. The molecule has 0 saturated carbocycles. The van der Waals surface area contributed by atoms with Gasteiger partial charge in [-0.25, -0.2) is 4.68 Å². The molecule has 1 amide bonds. The van der Waals surface area contributed by atoms with Gasteiger partial charge in [0.25, 0.3) is 5.91 Å². The second-order valence-corrected chi connectivity index (χ2v) is 8.06. The third kappa shape index (κ3) is 4.62. The molecule has 0 radical (unpaired) electrons. The van der Waals surface area contributed by atoms with Crippen molar-refractivity contribution < 1.29 is 9.53 Å². The van der Waals surface area contributed by atoms with Gasteiger partial charge >= 0.3 is 0 Å². The van der Waals surface area contributed by atoms with Crippen LogP contribution < -0.4 is 4.74 Å². The Labute approximate surface area is 176 Å². The van der Waals surface area contributed by atoms with Crippen LogP contribution in [0, 0.1) is 13.8 Å². The van der Waals surface area contributed by atoms with Crippen molar-refractivity contribution in [2.24, 2.45) is 0 Å². The Hall–Kier alpha value is -2.79. The molecule has 6 heteroatoms. The molecular formula is C23H26ClN3O2. The third-order valence-corrected chi connectivity index (χ3v) is 5.14. The summed E-state index contributed by atoms with van der Waals surface area (Å²) < 4.78 is 7.86. The summed E-state index contributed by atoms with van der Waals surface area (Å²) in [4.78, 5) is 14.8. The fraction of sp³-hybridized carbons (Fsp3) is 0.304. The van der Waals surface area contributed by atoms with Crippen LogP contribution in [0.25, 0.3) is 5.69 Å². The Bertz CT molecular complexity index is 995. The molecule has 3 aromatic rings. The van der Waals surface area contributed by atoms with Gasteiger partial charge < -0.3 is 9.64 Å². The SMILES string of the molecule is Cc1nn(-c2ccccc2)c(C)c1CN(C)C(=O)C(C)(C)Oc1ccc(Cl)cc1. The number of likely N-dealkylation sites (N-methyl/N-ethyl adjacent to an activating group) is 1. The van der Waals surface area contributed by atoms with Gasteiger partial charge in [0.2, 0.25) is 0 Å². The predicted molar refractivity (Wildman–Crippen MR) is 116 cm³/mol. The number of aromatic nitrogens is 2. The van der Waals surface area contributed by atoms with Gasteiger partial charge in [-0.1, -0.05) is 29.8 Å². The van der Waals surface area contributed by atoms with Crippen LogP contribution in [0.5, 0.6) is 5.75 Å². The molecule has 0 atom stereocenters. The summed E-state index contributed by atoms with van der Waals surface area (Å²) in [7, 11) is 1.79. The van der Waals surface area contributed by atoms with Crippen LogP contribution in [-0.4, -0.2) is 33.2 Å². The number of aryl methyl sites for hydroxylation is 1. The number of rotatable bonds is 6. The molecule has 29 heavy (non-hydrogen) atoms. The molecule has 2 aromatic carbocycles. The molecule has 152 valence electrons. The van der Waals surface area contributed by atoms with Gasteiger partial charge in [0.15, 0.2) is 5.60 Å². The Morgan fingerprint density at radius 3 is 2.34 bits per heavy atom. The molecule has 0 unspecified atom stereocenters. The minimum atomic E-state index is -1.01. The van der Waals surface area contributed by atoms with Gasteiger partial charge in [-0.05, 0) is 64.1 Å². The van der Waals surface area contributed by atoms with E-state index in [0.29, 0.717) is 17.3 Å². The Morgan fingerprint density at radius 2 is 1.72 bits per heavy atom. The van der Waals surface area contributed by atoms with Crippen LogP contribution in [0.2, 0.25) is 5.02 Å². The number of halogens is 1. The largest absolute Gasteiger partial charge is 0.478 e. The summed E-state index contributed by atoms with van der Waals surface area (Å²) in [5.41, 5.74) is 2.94. The van der Waals surface area contributed by atoms with Gasteiger partial charge in [-0.15, -0.1) is 0 Å². The topological polar surface area (TPSA) is 47.4 Å². The maximum Gasteiger partial charge on any atom is 0.266 e. The van der Waals surface area contributed by atoms with Crippen LogP contribution >= 0.6 is 11.6 Å². The van der Waals surface area contributed by atoms with E-state index in [9.17, 15) is 4.79 Å². The van der Waals surface area contributed by atoms with Crippen LogP contribution in [0.4, 0.5) is 0 Å². The number of ether oxygens (including phenoxy) is 1. The lowest BCUT2D eigenvalue weighted by molar-refractivity contribution is -0.144. The summed E-state index contributed by atoms with van der Waals surface area (Å²) >= 11 is 5.92. The van der Waals surface area contributed by atoms with E-state index in [0.717, 1.165) is 22.6 Å². The number of para-hydroxylation sites is 1. The first kappa shape index (κ1) is 20.9. The number of carbonyl (C=O) groups excluding carboxylic acids is 1. The highest BCUT2D eigenvalue weighted by atomic mass is 35.5. The monoisotopic (exact) mass is 411 g/mol. The molecule has 0 aliphatic rings. The molecule has 3 rings (SSSR count). The second-order valence-electron chi connectivity index (χ2n) is 7.62. The second kappa shape index (κ2) is 8.29. The van der Waals surface area contributed by atoms with E-state index in [1.807, 2.05) is 48.9 Å². The van der Waals surface area contributed by atoms with Crippen LogP contribution in [0.15, 0.2) is 54.6 Å². The van der Waals surface area contributed by atoms with E-state index < -0.39 is 5.60 Å². The molecule has 0 aliphatic carbocycles. The fourth-order valence-corrected chi connectivity index (χ4v) is 3.46. The van der Waals surface area contributed by atoms with Gasteiger partial charge in [-0.3, -0.25) is 4.79 Å². The first-order valence-electron chi connectivity index (χ1n) is 9.49. The Balaban J connectivity index is 1.77. The maximum atomic E-state index is 13.1. The van der Waals surface area contributed by atoms with E-state index in [-0.39, 0.29) is 5.91 Å². The van der Waals surface area contributed by atoms with Crippen molar-refractivity contribution in [3.63, 3.8) is 0 Å². The van der Waals surface area contributed by atoms with E-state index in [4.69, 9.17) is 16.3 Å². The van der Waals surface area contributed by atoms with Gasteiger partial charge in [0.1, 0.15) is 5.75 Å². The Morgan fingerprint density at radius 1 is 1.10 bits per heavy atom. The number of hydrogen-bond donors (Lipinski definition) is 0. The highest BCUT2D eigenvalue weighted by Crippen LogP contribution is 2.24. The lowest BCUT2D eigenvalue weighted by Gasteiger charge is -2.30. The summed E-state index contributed by atoms with van der Waals surface area (Å²) in [6.07, 6.45) is 0. The van der Waals surface area contributed by atoms with Crippen molar-refractivity contribution in [2.45, 2.75) is 39.8 Å². The first-order chi connectivity index (χ1) is 13.7. The van der Waals surface area contributed by atoms with Crippen LogP contribution in [0.1, 0.15) is 30.8 Å². The predicted octanol–water partition coefficient (Wildman–Crippen LogP) is 4.96. The van der Waals surface area contributed by atoms with E-state index >= 15 is 0 Å². The third-order valence-electron chi connectivity index (χ3n) is 4.89. The molecule has 5 nitrogen and oxygen atoms in total. The molecule has 1 aromatic heterocycles. The van der Waals surface area contributed by atoms with Crippen molar-refractivity contribution in [3.05, 3.63) is 76.6 Å². The zero-order chi connectivity index (χ0) is 21.2. The number of carbonyl (C=O) groups is 1. The number of nitrogens with zero attached hydrogens (tertiary/aromatic N) is 3. The minimum absolute atomic E-state index is 0.112. The molecule has 0 spiro atoms. The molecule has 1 heterocycles. The maximum absolute atomic E-state index is 13.1. The Kier molecular flexibility index (Phi) is 5.99. The normalized spacial score (nSPS) is 11.4. The molecule has 0 saturated heterocycles. The highest BCUT2D eigenvalue weighted by molar-refractivity contribution is 6.30. The van der Waals surface area contributed by atoms with Gasteiger partial charge in [0, 0.05) is 29.9 Å². The van der Waals surface area contributed by atoms with E-state index in [2.05, 4.69) is 5.10 Å². The zero-order valence-electron chi connectivity index (χ0n) is 17.4. The smallest absolute Gasteiger partial charge is 0.266 e. The summed E-state index contributed by atoms with van der Waals surface area (Å²) in [5.74, 6) is 0.490. The van der Waals surface area contributed by atoms with Gasteiger partial charge in [-0.2, -0.15) is 5.10 Å². The van der Waals surface area contributed by atoms with Crippen molar-refractivity contribution in [3.8, 4) is 11.4 Å². The lowest BCUT2D eigenvalue weighted by atomic mass is 10.1. The number of benzene rings is 2. The van der Waals surface area contributed by atoms with Crippen molar-refractivity contribution in [2.75, 3.05) is 7.05 Å². The molecular weight excluding hydrogens is 386 g/mol. The fourth-order valence-electron chi connectivity index (χ4n) is 3.33. The average Bonchev–Trinajstić information content (AvgIpc) is 2.98. The minimum Gasteiger partial charge on any atom is -0.478 e.